The summed E-state index contributed by atoms with van der Waals surface area (Å²) >= 11 is 0. The first-order chi connectivity index (χ1) is 8.66. The van der Waals surface area contributed by atoms with Gasteiger partial charge in [0.05, 0.1) is 11.7 Å². The molecule has 6 N–H and O–H groups in total. The highest BCUT2D eigenvalue weighted by atomic mass is 31.2. The molecule has 1 unspecified atom stereocenters. The summed E-state index contributed by atoms with van der Waals surface area (Å²) in [5, 5.41) is 0. The molecule has 1 rings (SSSR count). The summed E-state index contributed by atoms with van der Waals surface area (Å²) in [5.74, 6) is -0.561. The van der Waals surface area contributed by atoms with Crippen LogP contribution in [0.2, 0.25) is 0 Å². The van der Waals surface area contributed by atoms with Gasteiger partial charge in [0.25, 0.3) is 0 Å². The summed E-state index contributed by atoms with van der Waals surface area (Å²) in [6.45, 7) is 1.78. The first-order valence-corrected chi connectivity index (χ1v) is 7.67. The predicted molar refractivity (Wildman–Crippen MR) is 72.3 cm³/mol. The van der Waals surface area contributed by atoms with Crippen LogP contribution < -0.4 is 11.5 Å². The maximum absolute atomic E-state index is 11.3. The van der Waals surface area contributed by atoms with Gasteiger partial charge in [-0.2, -0.15) is 0 Å². The van der Waals surface area contributed by atoms with Crippen LogP contribution in [-0.4, -0.2) is 21.2 Å². The van der Waals surface area contributed by atoms with Crippen LogP contribution in [0, 0.1) is 0 Å². The number of primary amides is 1. The van der Waals surface area contributed by atoms with Gasteiger partial charge in [0, 0.05) is 0 Å². The van der Waals surface area contributed by atoms with E-state index in [1.807, 2.05) is 0 Å². The molecule has 0 aliphatic heterocycles. The SMILES string of the molecule is CCC(N)(Cc1ccc(CP(=O)(O)O)cc1)C(N)=O. The van der Waals surface area contributed by atoms with Gasteiger partial charge in [0.1, 0.15) is 0 Å². The van der Waals surface area contributed by atoms with Gasteiger partial charge in [-0.1, -0.05) is 31.2 Å². The Labute approximate surface area is 112 Å². The van der Waals surface area contributed by atoms with Gasteiger partial charge in [-0.3, -0.25) is 9.36 Å². The standard InChI is InChI=1S/C12H19N2O4P/c1-2-12(14,11(13)15)7-9-3-5-10(6-4-9)8-19(16,17)18/h3-6H,2,7-8,14H2,1H3,(H2,13,15)(H2,16,17,18). The number of rotatable bonds is 6. The number of benzene rings is 1. The number of carbonyl (C=O) groups excluding carboxylic acids is 1. The molecule has 6 nitrogen and oxygen atoms in total. The van der Waals surface area contributed by atoms with Gasteiger partial charge in [0.2, 0.25) is 5.91 Å². The third kappa shape index (κ3) is 4.76. The summed E-state index contributed by atoms with van der Waals surface area (Å²) in [5.41, 5.74) is 11.4. The lowest BCUT2D eigenvalue weighted by atomic mass is 9.88. The molecule has 1 aromatic carbocycles. The molecule has 0 spiro atoms. The molecule has 0 radical (unpaired) electrons. The molecule has 0 bridgehead atoms. The third-order valence-corrected chi connectivity index (χ3v) is 3.83. The Morgan fingerprint density at radius 1 is 1.26 bits per heavy atom. The summed E-state index contributed by atoms with van der Waals surface area (Å²) < 4.78 is 10.9. The van der Waals surface area contributed by atoms with E-state index in [1.165, 1.54) is 0 Å². The molecule has 0 aromatic heterocycles. The van der Waals surface area contributed by atoms with E-state index in [2.05, 4.69) is 0 Å². The molecule has 0 fully saturated rings. The van der Waals surface area contributed by atoms with E-state index in [1.54, 1.807) is 31.2 Å². The van der Waals surface area contributed by atoms with Crippen molar-refractivity contribution in [2.45, 2.75) is 31.5 Å². The average Bonchev–Trinajstić information content (AvgIpc) is 2.29. The van der Waals surface area contributed by atoms with E-state index >= 15 is 0 Å². The molecule has 19 heavy (non-hydrogen) atoms. The molecule has 7 heteroatoms. The van der Waals surface area contributed by atoms with E-state index < -0.39 is 19.0 Å². The van der Waals surface area contributed by atoms with Crippen LogP contribution >= 0.6 is 7.60 Å². The highest BCUT2D eigenvalue weighted by Crippen LogP contribution is 2.38. The zero-order valence-electron chi connectivity index (χ0n) is 10.7. The number of amides is 1. The third-order valence-electron chi connectivity index (χ3n) is 3.05. The van der Waals surface area contributed by atoms with Crippen molar-refractivity contribution in [3.05, 3.63) is 35.4 Å². The van der Waals surface area contributed by atoms with Gasteiger partial charge in [-0.05, 0) is 24.0 Å². The monoisotopic (exact) mass is 286 g/mol. The van der Waals surface area contributed by atoms with Crippen LogP contribution in [0.25, 0.3) is 0 Å². The molecule has 1 amide bonds. The smallest absolute Gasteiger partial charge is 0.329 e. The van der Waals surface area contributed by atoms with Crippen molar-refractivity contribution in [3.63, 3.8) is 0 Å². The molecule has 1 aromatic rings. The maximum atomic E-state index is 11.3. The summed E-state index contributed by atoms with van der Waals surface area (Å²) in [4.78, 5) is 29.0. The van der Waals surface area contributed by atoms with Gasteiger partial charge in [-0.25, -0.2) is 0 Å². The zero-order chi connectivity index (χ0) is 14.7. The van der Waals surface area contributed by atoms with Crippen LogP contribution in [-0.2, 0) is 21.9 Å². The Hall–Kier alpha value is -1.20. The molecule has 0 aliphatic rings. The molecular formula is C12H19N2O4P. The Morgan fingerprint density at radius 2 is 1.74 bits per heavy atom. The Morgan fingerprint density at radius 3 is 2.11 bits per heavy atom. The van der Waals surface area contributed by atoms with Crippen molar-refractivity contribution in [2.24, 2.45) is 11.5 Å². The second-order valence-electron chi connectivity index (χ2n) is 4.69. The fourth-order valence-electron chi connectivity index (χ4n) is 1.75. The summed E-state index contributed by atoms with van der Waals surface area (Å²) in [7, 11) is -4.06. The molecule has 0 saturated heterocycles. The number of hydrogen-bond acceptors (Lipinski definition) is 3. The van der Waals surface area contributed by atoms with Crippen molar-refractivity contribution in [2.75, 3.05) is 0 Å². The maximum Gasteiger partial charge on any atom is 0.329 e. The number of carbonyl (C=O) groups is 1. The topological polar surface area (TPSA) is 127 Å². The van der Waals surface area contributed by atoms with Gasteiger partial charge < -0.3 is 21.3 Å². The Bertz CT molecular complexity index is 497. The molecular weight excluding hydrogens is 267 g/mol. The van der Waals surface area contributed by atoms with E-state index in [0.717, 1.165) is 5.56 Å². The summed E-state index contributed by atoms with van der Waals surface area (Å²) in [6.07, 6.45) is 0.423. The number of hydrogen-bond donors (Lipinski definition) is 4. The zero-order valence-corrected chi connectivity index (χ0v) is 11.6. The van der Waals surface area contributed by atoms with Crippen LogP contribution in [0.4, 0.5) is 0 Å². The lowest BCUT2D eigenvalue weighted by Gasteiger charge is -2.24. The van der Waals surface area contributed by atoms with Crippen molar-refractivity contribution in [3.8, 4) is 0 Å². The van der Waals surface area contributed by atoms with Gasteiger partial charge in [-0.15, -0.1) is 0 Å². The van der Waals surface area contributed by atoms with Crippen molar-refractivity contribution in [1.29, 1.82) is 0 Å². The van der Waals surface area contributed by atoms with Crippen LogP contribution in [0.5, 0.6) is 0 Å². The highest BCUT2D eigenvalue weighted by Gasteiger charge is 2.29. The van der Waals surface area contributed by atoms with Crippen LogP contribution in [0.1, 0.15) is 24.5 Å². The Kier molecular flexibility index (Phi) is 4.87. The largest absolute Gasteiger partial charge is 0.368 e. The van der Waals surface area contributed by atoms with Gasteiger partial charge >= 0.3 is 7.60 Å². The fraction of sp³-hybridized carbons (Fsp3) is 0.417. The van der Waals surface area contributed by atoms with Gasteiger partial charge in [0.15, 0.2) is 0 Å². The average molecular weight is 286 g/mol. The second kappa shape index (κ2) is 5.84. The van der Waals surface area contributed by atoms with Crippen molar-refractivity contribution < 1.29 is 19.1 Å². The van der Waals surface area contributed by atoms with Crippen molar-refractivity contribution >= 4 is 13.5 Å². The van der Waals surface area contributed by atoms with E-state index in [0.29, 0.717) is 18.4 Å². The minimum Gasteiger partial charge on any atom is -0.368 e. The minimum atomic E-state index is -4.06. The number of nitrogens with two attached hydrogens (primary N) is 2. The predicted octanol–water partition coefficient (Wildman–Crippen LogP) is 0.500. The van der Waals surface area contributed by atoms with Crippen LogP contribution in [0.15, 0.2) is 24.3 Å². The van der Waals surface area contributed by atoms with E-state index in [9.17, 15) is 9.36 Å². The Balaban J connectivity index is 2.83. The lowest BCUT2D eigenvalue weighted by Crippen LogP contribution is -2.53. The quantitative estimate of drug-likeness (QED) is 0.566. The minimum absolute atomic E-state index is 0.301. The molecule has 0 saturated carbocycles. The molecule has 106 valence electrons. The molecule has 1 atom stereocenters. The van der Waals surface area contributed by atoms with E-state index in [-0.39, 0.29) is 6.16 Å². The summed E-state index contributed by atoms with van der Waals surface area (Å²) in [6, 6.07) is 6.63. The van der Waals surface area contributed by atoms with Crippen LogP contribution in [0.3, 0.4) is 0 Å². The lowest BCUT2D eigenvalue weighted by molar-refractivity contribution is -0.123. The van der Waals surface area contributed by atoms with E-state index in [4.69, 9.17) is 21.3 Å². The first-order valence-electron chi connectivity index (χ1n) is 5.87. The normalized spacial score (nSPS) is 14.9. The van der Waals surface area contributed by atoms with Crippen molar-refractivity contribution in [1.82, 2.24) is 0 Å². The molecule has 0 aliphatic carbocycles. The molecule has 0 heterocycles. The first kappa shape index (κ1) is 15.9. The highest BCUT2D eigenvalue weighted by molar-refractivity contribution is 7.50. The second-order valence-corrected chi connectivity index (χ2v) is 6.34. The fourth-order valence-corrected chi connectivity index (χ4v) is 2.44.